The highest BCUT2D eigenvalue weighted by Gasteiger charge is 1.63. The molecule has 0 aliphatic rings. The Kier molecular flexibility index (Phi) is 74.8. The van der Waals surface area contributed by atoms with Crippen LogP contribution in [0.3, 0.4) is 0 Å². The Morgan fingerprint density at radius 1 is 0.667 bits per heavy atom. The largest absolute Gasteiger partial charge is 0.304 e. The van der Waals surface area contributed by atoms with E-state index in [9.17, 15) is 14.4 Å². The minimum atomic E-state index is 0.167. The Morgan fingerprint density at radius 2 is 0.667 bits per heavy atom. The molecule has 0 heterocycles. The second-order valence-corrected chi connectivity index (χ2v) is 4.69. The minimum absolute atomic E-state index is 0.167. The lowest BCUT2D eigenvalue weighted by molar-refractivity contribution is -0.115. The van der Waals surface area contributed by atoms with Crippen molar-refractivity contribution in [2.45, 2.75) is 76.2 Å². The van der Waals surface area contributed by atoms with E-state index in [4.69, 9.17) is 4.79 Å². The number of hydrogen-bond acceptors (Lipinski definition) is 5. The van der Waals surface area contributed by atoms with Crippen LogP contribution in [0.4, 0.5) is 0 Å². The molecule has 5 heteroatoms. The number of hydrogen-bond donors (Lipinski definition) is 0. The van der Waals surface area contributed by atoms with Crippen LogP contribution < -0.4 is 0 Å². The van der Waals surface area contributed by atoms with Gasteiger partial charge in [-0.3, -0.25) is 0 Å². The smallest absolute Gasteiger partial charge is 0.126 e. The first-order valence-corrected chi connectivity index (χ1v) is 7.04. The van der Waals surface area contributed by atoms with E-state index in [-0.39, 0.29) is 17.3 Å². The molecule has 0 fully saturated rings. The predicted octanol–water partition coefficient (Wildman–Crippen LogP) is 4.41. The Balaban J connectivity index is -0.0000000326. The van der Waals surface area contributed by atoms with Gasteiger partial charge in [-0.1, -0.05) is 26.1 Å². The Labute approximate surface area is 136 Å². The first-order chi connectivity index (χ1) is 9.34. The molecule has 0 aromatic rings. The summed E-state index contributed by atoms with van der Waals surface area (Å²) in [5, 5.41) is 0. The Hall–Kier alpha value is -1.23. The minimum Gasteiger partial charge on any atom is -0.304 e. The van der Waals surface area contributed by atoms with Gasteiger partial charge < -0.3 is 19.2 Å². The molecule has 0 radical (unpaired) electrons. The van der Waals surface area contributed by atoms with Crippen LogP contribution in [0.5, 0.6) is 0 Å². The van der Waals surface area contributed by atoms with Crippen LogP contribution in [0.25, 0.3) is 0 Å². The molecule has 0 saturated heterocycles. The molecule has 21 heavy (non-hydrogen) atoms. The summed E-state index contributed by atoms with van der Waals surface area (Å²) in [7, 11) is 0. The van der Waals surface area contributed by atoms with Crippen LogP contribution in [0.1, 0.15) is 76.2 Å². The highest BCUT2D eigenvalue weighted by atomic mass is 32.1. The summed E-state index contributed by atoms with van der Waals surface area (Å²) in [5.41, 5.74) is 0. The maximum Gasteiger partial charge on any atom is 0.126 e. The van der Waals surface area contributed by atoms with Crippen LogP contribution >= 0.6 is 12.2 Å². The molecular weight excluding hydrogens is 288 g/mol. The molecule has 0 saturated carbocycles. The van der Waals surface area contributed by atoms with Gasteiger partial charge in [-0.15, -0.1) is 0 Å². The zero-order chi connectivity index (χ0) is 19.0. The zero-order valence-corrected chi connectivity index (χ0v) is 16.4. The summed E-state index contributed by atoms with van der Waals surface area (Å²) in [6.45, 7) is 18.4. The summed E-state index contributed by atoms with van der Waals surface area (Å²) >= 11 is 4.54. The molecule has 0 bridgehead atoms. The summed E-state index contributed by atoms with van der Waals surface area (Å²) < 4.78 is 0. The topological polar surface area (TPSA) is 68.3 Å². The maximum absolute atomic E-state index is 9.44. The third-order valence-electron chi connectivity index (χ3n) is 0. The molecule has 0 atom stereocenters. The van der Waals surface area contributed by atoms with E-state index in [0.29, 0.717) is 0 Å². The highest BCUT2D eigenvalue weighted by Crippen LogP contribution is 1.61. The molecule has 0 rings (SSSR count). The second kappa shape index (κ2) is 42.8. The first kappa shape index (κ1) is 36.7. The van der Waals surface area contributed by atoms with Gasteiger partial charge >= 0.3 is 0 Å². The molecule has 0 aromatic heterocycles. The fraction of sp³-hybridized carbons (Fsp3) is 0.688. The van der Waals surface area contributed by atoms with E-state index >= 15 is 0 Å². The average molecular weight is 323 g/mol. The number of aldehydes is 1. The third kappa shape index (κ3) is 3490. The zero-order valence-electron chi connectivity index (χ0n) is 15.6. The molecule has 0 unspecified atom stereocenters. The van der Waals surface area contributed by atoms with Gasteiger partial charge in [0.25, 0.3) is 0 Å². The highest BCUT2D eigenvalue weighted by molar-refractivity contribution is 7.80. The lowest BCUT2D eigenvalue weighted by Gasteiger charge is -1.61. The van der Waals surface area contributed by atoms with E-state index in [1.165, 1.54) is 48.5 Å². The number of rotatable bonds is 0. The van der Waals surface area contributed by atoms with Crippen LogP contribution in [0, 0.1) is 0 Å². The summed E-state index contributed by atoms with van der Waals surface area (Å²) in [5.74, 6) is 0.500. The predicted molar refractivity (Wildman–Crippen MR) is 96.1 cm³/mol. The summed E-state index contributed by atoms with van der Waals surface area (Å²) in [6.07, 6.45) is 0.750. The average Bonchev–Trinajstić information content (AvgIpc) is 2.16. The van der Waals surface area contributed by atoms with Crippen LogP contribution in [0.2, 0.25) is 0 Å². The van der Waals surface area contributed by atoms with E-state index < -0.39 is 0 Å². The van der Waals surface area contributed by atoms with Gasteiger partial charge in [0.05, 0.1) is 0 Å². The number of ketones is 3. The van der Waals surface area contributed by atoms with Crippen molar-refractivity contribution in [2.24, 2.45) is 0 Å². The van der Waals surface area contributed by atoms with E-state index in [1.807, 2.05) is 27.7 Å². The van der Waals surface area contributed by atoms with Gasteiger partial charge in [-0.25, -0.2) is 0 Å². The van der Waals surface area contributed by atoms with Gasteiger partial charge in [0.15, 0.2) is 0 Å². The quantitative estimate of drug-likeness (QED) is 0.488. The van der Waals surface area contributed by atoms with Crippen molar-refractivity contribution >= 4 is 40.7 Å². The van der Waals surface area contributed by atoms with Gasteiger partial charge in [0.2, 0.25) is 0 Å². The molecular formula is C16H34O4S. The molecule has 0 aliphatic heterocycles. The van der Waals surface area contributed by atoms with Crippen LogP contribution in [-0.2, 0) is 19.2 Å². The van der Waals surface area contributed by atoms with Gasteiger partial charge in [-0.05, 0) is 67.2 Å². The Bertz CT molecular complexity index is 195. The number of thiocarbonyl (C=S) groups is 1. The lowest BCUT2D eigenvalue weighted by Crippen LogP contribution is -1.69. The summed E-state index contributed by atoms with van der Waals surface area (Å²) in [4.78, 5) is 38.1. The van der Waals surface area contributed by atoms with E-state index in [1.54, 1.807) is 0 Å². The van der Waals surface area contributed by atoms with Crippen molar-refractivity contribution < 1.29 is 19.2 Å². The van der Waals surface area contributed by atoms with Crippen LogP contribution in [-0.4, -0.2) is 28.5 Å². The van der Waals surface area contributed by atoms with Crippen LogP contribution in [0.15, 0.2) is 0 Å². The monoisotopic (exact) mass is 322 g/mol. The SMILES string of the molecule is CC.CC(C)=O.CC(C)=O.CC(C)=O.CC(C)=S.CC=O. The van der Waals surface area contributed by atoms with Crippen molar-refractivity contribution in [3.05, 3.63) is 0 Å². The second-order valence-electron chi connectivity index (χ2n) is 3.87. The molecule has 128 valence electrons. The maximum atomic E-state index is 9.44. The molecule has 0 aromatic carbocycles. The number of Topliss-reactive ketones (excluding diaryl/α,β-unsaturated/α-hetero) is 3. The third-order valence-corrected chi connectivity index (χ3v) is 0. The molecule has 0 spiro atoms. The van der Waals surface area contributed by atoms with E-state index in [0.717, 1.165) is 11.2 Å². The normalized spacial score (nSPS) is 5.86. The fourth-order valence-corrected chi connectivity index (χ4v) is 0. The van der Waals surface area contributed by atoms with Crippen molar-refractivity contribution in [1.29, 1.82) is 0 Å². The standard InChI is InChI=1S/3C3H6O.C3H6S.C2H4O.C2H6/c4*1-3(2)4;1-2-3;1-2/h4*1-2H3;2H,1H3;1-2H3. The number of carbonyl (C=O) groups is 4. The van der Waals surface area contributed by atoms with Crippen molar-refractivity contribution in [3.8, 4) is 0 Å². The lowest BCUT2D eigenvalue weighted by atomic mass is 10.6. The molecule has 0 N–H and O–H groups in total. The first-order valence-electron chi connectivity index (χ1n) is 6.63. The fourth-order valence-electron chi connectivity index (χ4n) is 0. The molecule has 0 amide bonds. The molecule has 4 nitrogen and oxygen atoms in total. The van der Waals surface area contributed by atoms with Crippen molar-refractivity contribution in [3.63, 3.8) is 0 Å². The Morgan fingerprint density at radius 3 is 0.667 bits per heavy atom. The van der Waals surface area contributed by atoms with Gasteiger partial charge in [0.1, 0.15) is 23.6 Å². The van der Waals surface area contributed by atoms with Crippen molar-refractivity contribution in [1.82, 2.24) is 0 Å². The van der Waals surface area contributed by atoms with Gasteiger partial charge in [-0.2, -0.15) is 0 Å². The van der Waals surface area contributed by atoms with E-state index in [2.05, 4.69) is 12.2 Å². The van der Waals surface area contributed by atoms with Crippen molar-refractivity contribution in [2.75, 3.05) is 0 Å². The number of carbonyl (C=O) groups excluding carboxylic acids is 4. The summed E-state index contributed by atoms with van der Waals surface area (Å²) in [6, 6.07) is 0. The van der Waals surface area contributed by atoms with Gasteiger partial charge in [0, 0.05) is 0 Å². The molecule has 0 aliphatic carbocycles.